The SMILES string of the molecule is C=Cc1ccc2c(=O)cc(SCc3cccc(F)c3F)n(CC(=O)OCC)c2c1. The number of hydrogen-bond donors (Lipinski definition) is 0. The Morgan fingerprint density at radius 1 is 1.24 bits per heavy atom. The monoisotopic (exact) mass is 415 g/mol. The van der Waals surface area contributed by atoms with Crippen LogP contribution in [-0.4, -0.2) is 17.1 Å². The van der Waals surface area contributed by atoms with Crippen molar-refractivity contribution in [1.82, 2.24) is 4.57 Å². The maximum absolute atomic E-state index is 14.0. The quantitative estimate of drug-likeness (QED) is 0.412. The van der Waals surface area contributed by atoms with Crippen LogP contribution >= 0.6 is 11.8 Å². The highest BCUT2D eigenvalue weighted by Gasteiger charge is 2.15. The minimum absolute atomic E-state index is 0.0957. The predicted molar refractivity (Wildman–Crippen MR) is 111 cm³/mol. The number of nitrogens with zero attached hydrogens (tertiary/aromatic N) is 1. The molecule has 150 valence electrons. The summed E-state index contributed by atoms with van der Waals surface area (Å²) >= 11 is 1.15. The first kappa shape index (κ1) is 20.8. The number of hydrogen-bond acceptors (Lipinski definition) is 4. The summed E-state index contributed by atoms with van der Waals surface area (Å²) in [5, 5.41) is 0.904. The van der Waals surface area contributed by atoms with E-state index in [0.29, 0.717) is 15.9 Å². The first-order chi connectivity index (χ1) is 13.9. The van der Waals surface area contributed by atoms with Crippen molar-refractivity contribution in [2.75, 3.05) is 6.61 Å². The van der Waals surface area contributed by atoms with Gasteiger partial charge in [-0.05, 0) is 30.7 Å². The normalized spacial score (nSPS) is 10.9. The van der Waals surface area contributed by atoms with Gasteiger partial charge >= 0.3 is 5.97 Å². The molecule has 0 N–H and O–H groups in total. The molecule has 0 unspecified atom stereocenters. The summed E-state index contributed by atoms with van der Waals surface area (Å²) in [6, 6.07) is 10.6. The zero-order chi connectivity index (χ0) is 21.0. The van der Waals surface area contributed by atoms with E-state index < -0.39 is 17.6 Å². The molecule has 3 rings (SSSR count). The van der Waals surface area contributed by atoms with Gasteiger partial charge in [-0.1, -0.05) is 30.9 Å². The summed E-state index contributed by atoms with van der Waals surface area (Å²) in [5.41, 5.74) is 1.28. The number of halogens is 2. The molecule has 3 aromatic rings. The van der Waals surface area contributed by atoms with Crippen LogP contribution in [0.1, 0.15) is 18.1 Å². The average molecular weight is 415 g/mol. The second-order valence-electron chi connectivity index (χ2n) is 6.22. The molecule has 0 aliphatic rings. The highest BCUT2D eigenvalue weighted by Crippen LogP contribution is 2.27. The van der Waals surface area contributed by atoms with Crippen LogP contribution < -0.4 is 5.43 Å². The first-order valence-corrected chi connectivity index (χ1v) is 9.94. The van der Waals surface area contributed by atoms with E-state index in [1.807, 2.05) is 0 Å². The third-order valence-corrected chi connectivity index (χ3v) is 5.42. The number of pyridine rings is 1. The average Bonchev–Trinajstić information content (AvgIpc) is 2.71. The fraction of sp³-hybridized carbons (Fsp3) is 0.182. The van der Waals surface area contributed by atoms with E-state index in [2.05, 4.69) is 6.58 Å². The van der Waals surface area contributed by atoms with Gasteiger partial charge in [0.05, 0.1) is 17.1 Å². The van der Waals surface area contributed by atoms with E-state index in [-0.39, 0.29) is 29.9 Å². The Hall–Kier alpha value is -2.93. The number of fused-ring (bicyclic) bond motifs is 1. The largest absolute Gasteiger partial charge is 0.465 e. The second kappa shape index (κ2) is 9.05. The summed E-state index contributed by atoms with van der Waals surface area (Å²) < 4.78 is 34.2. The van der Waals surface area contributed by atoms with Gasteiger partial charge in [-0.15, -0.1) is 11.8 Å². The molecule has 0 saturated carbocycles. The van der Waals surface area contributed by atoms with Crippen LogP contribution in [0.25, 0.3) is 17.0 Å². The van der Waals surface area contributed by atoms with Gasteiger partial charge in [0.25, 0.3) is 0 Å². The van der Waals surface area contributed by atoms with Gasteiger partial charge in [0.1, 0.15) is 6.54 Å². The van der Waals surface area contributed by atoms with Crippen molar-refractivity contribution in [3.05, 3.63) is 82.0 Å². The van der Waals surface area contributed by atoms with E-state index in [1.165, 1.54) is 18.2 Å². The smallest absolute Gasteiger partial charge is 0.325 e. The topological polar surface area (TPSA) is 48.3 Å². The molecule has 0 radical (unpaired) electrons. The lowest BCUT2D eigenvalue weighted by Gasteiger charge is -2.16. The fourth-order valence-corrected chi connectivity index (χ4v) is 3.96. The van der Waals surface area contributed by atoms with Gasteiger partial charge in [0, 0.05) is 22.8 Å². The number of aromatic nitrogens is 1. The summed E-state index contributed by atoms with van der Waals surface area (Å²) in [5.74, 6) is -2.21. The summed E-state index contributed by atoms with van der Waals surface area (Å²) in [7, 11) is 0. The number of carbonyl (C=O) groups excluding carboxylic acids is 1. The van der Waals surface area contributed by atoms with Crippen molar-refractivity contribution >= 4 is 34.7 Å². The summed E-state index contributed by atoms with van der Waals surface area (Å²) in [6.45, 7) is 5.56. The summed E-state index contributed by atoms with van der Waals surface area (Å²) in [4.78, 5) is 24.8. The zero-order valence-electron chi connectivity index (χ0n) is 15.8. The van der Waals surface area contributed by atoms with Crippen molar-refractivity contribution in [3.63, 3.8) is 0 Å². The lowest BCUT2D eigenvalue weighted by Crippen LogP contribution is -2.18. The number of benzene rings is 2. The fourth-order valence-electron chi connectivity index (χ4n) is 2.92. The predicted octanol–water partition coefficient (Wildman–Crippen LogP) is 4.78. The first-order valence-electron chi connectivity index (χ1n) is 8.96. The third-order valence-electron chi connectivity index (χ3n) is 4.33. The van der Waals surface area contributed by atoms with Gasteiger partial charge in [-0.2, -0.15) is 0 Å². The molecule has 1 heterocycles. The Kier molecular flexibility index (Phi) is 6.49. The van der Waals surface area contributed by atoms with E-state index in [0.717, 1.165) is 23.4 Å². The van der Waals surface area contributed by atoms with Crippen LogP contribution in [0.15, 0.2) is 58.9 Å². The van der Waals surface area contributed by atoms with Crippen molar-refractivity contribution in [2.24, 2.45) is 0 Å². The minimum atomic E-state index is -0.929. The van der Waals surface area contributed by atoms with Gasteiger partial charge in [-0.25, -0.2) is 8.78 Å². The number of thioether (sulfide) groups is 1. The number of ether oxygens (including phenoxy) is 1. The van der Waals surface area contributed by atoms with Crippen LogP contribution in [0.5, 0.6) is 0 Å². The highest BCUT2D eigenvalue weighted by molar-refractivity contribution is 7.98. The summed E-state index contributed by atoms with van der Waals surface area (Å²) in [6.07, 6.45) is 1.64. The molecule has 0 amide bonds. The molecule has 7 heteroatoms. The Balaban J connectivity index is 2.08. The van der Waals surface area contributed by atoms with Gasteiger partial charge in [-0.3, -0.25) is 9.59 Å². The molecule has 0 aliphatic heterocycles. The number of esters is 1. The standard InChI is InChI=1S/C22H19F2NO3S/c1-3-14-8-9-16-18(10-14)25(12-21(27)28-4-2)20(11-19(16)26)29-13-15-6-5-7-17(23)22(15)24/h3,5-11H,1,4,12-13H2,2H3. The molecule has 29 heavy (non-hydrogen) atoms. The van der Waals surface area contributed by atoms with Crippen molar-refractivity contribution in [1.29, 1.82) is 0 Å². The second-order valence-corrected chi connectivity index (χ2v) is 7.22. The molecule has 2 aromatic carbocycles. The molecule has 0 atom stereocenters. The number of rotatable bonds is 7. The molecule has 0 saturated heterocycles. The van der Waals surface area contributed by atoms with Crippen LogP contribution in [0.3, 0.4) is 0 Å². The Morgan fingerprint density at radius 2 is 2.03 bits per heavy atom. The molecule has 4 nitrogen and oxygen atoms in total. The maximum Gasteiger partial charge on any atom is 0.325 e. The Bertz CT molecular complexity index is 1140. The third kappa shape index (κ3) is 4.56. The Labute approximate surface area is 170 Å². The van der Waals surface area contributed by atoms with Gasteiger partial charge < -0.3 is 9.30 Å². The molecule has 0 spiro atoms. The van der Waals surface area contributed by atoms with Crippen molar-refractivity contribution in [2.45, 2.75) is 24.2 Å². The minimum Gasteiger partial charge on any atom is -0.465 e. The van der Waals surface area contributed by atoms with E-state index in [1.54, 1.807) is 35.8 Å². The van der Waals surface area contributed by atoms with Gasteiger partial charge in [0.15, 0.2) is 17.1 Å². The van der Waals surface area contributed by atoms with E-state index in [4.69, 9.17) is 4.74 Å². The van der Waals surface area contributed by atoms with Gasteiger partial charge in [0.2, 0.25) is 0 Å². The Morgan fingerprint density at radius 3 is 2.76 bits per heavy atom. The van der Waals surface area contributed by atoms with E-state index in [9.17, 15) is 18.4 Å². The van der Waals surface area contributed by atoms with Crippen LogP contribution in [0.2, 0.25) is 0 Å². The van der Waals surface area contributed by atoms with Crippen molar-refractivity contribution in [3.8, 4) is 0 Å². The van der Waals surface area contributed by atoms with Crippen molar-refractivity contribution < 1.29 is 18.3 Å². The van der Waals surface area contributed by atoms with E-state index >= 15 is 0 Å². The number of carbonyl (C=O) groups is 1. The van der Waals surface area contributed by atoms with Crippen LogP contribution in [0, 0.1) is 11.6 Å². The van der Waals surface area contributed by atoms with Crippen LogP contribution in [0.4, 0.5) is 8.78 Å². The van der Waals surface area contributed by atoms with Crippen LogP contribution in [-0.2, 0) is 21.8 Å². The molecular weight excluding hydrogens is 396 g/mol. The molecule has 0 fully saturated rings. The maximum atomic E-state index is 14.0. The molecule has 0 bridgehead atoms. The lowest BCUT2D eigenvalue weighted by molar-refractivity contribution is -0.143. The lowest BCUT2D eigenvalue weighted by atomic mass is 10.1. The highest BCUT2D eigenvalue weighted by atomic mass is 32.2. The molecular formula is C22H19F2NO3S. The molecule has 1 aromatic heterocycles. The zero-order valence-corrected chi connectivity index (χ0v) is 16.6. The molecule has 0 aliphatic carbocycles.